The predicted octanol–water partition coefficient (Wildman–Crippen LogP) is 6.21. The quantitative estimate of drug-likeness (QED) is 0.541. The Morgan fingerprint density at radius 3 is 1.90 bits per heavy atom. The summed E-state index contributed by atoms with van der Waals surface area (Å²) in [5.41, 5.74) is 3.29. The van der Waals surface area contributed by atoms with Crippen molar-refractivity contribution in [3.8, 4) is 0 Å². The molecule has 1 heteroatoms. The molecule has 0 spiro atoms. The second-order valence-corrected chi connectivity index (χ2v) is 4.50. The van der Waals surface area contributed by atoms with E-state index in [1.165, 1.54) is 17.5 Å². The average molecular weight is 267 g/mol. The van der Waals surface area contributed by atoms with Crippen LogP contribution in [0.25, 0.3) is 4.85 Å². The summed E-state index contributed by atoms with van der Waals surface area (Å²) >= 11 is 0. The zero-order valence-corrected chi connectivity index (χ0v) is 13.1. The summed E-state index contributed by atoms with van der Waals surface area (Å²) in [5, 5.41) is 0. The molecule has 0 fully saturated rings. The Bertz CT molecular complexity index is 495. The molecular formula is C19H25N. The van der Waals surface area contributed by atoms with Gasteiger partial charge < -0.3 is 0 Å². The average Bonchev–Trinajstić information content (AvgIpc) is 2.49. The summed E-state index contributed by atoms with van der Waals surface area (Å²) < 4.78 is 0. The second-order valence-electron chi connectivity index (χ2n) is 4.50. The van der Waals surface area contributed by atoms with Crippen LogP contribution >= 0.6 is 0 Å². The Morgan fingerprint density at radius 1 is 0.900 bits per heavy atom. The van der Waals surface area contributed by atoms with E-state index in [4.69, 9.17) is 6.57 Å². The van der Waals surface area contributed by atoms with Gasteiger partial charge in [0.2, 0.25) is 0 Å². The largest absolute Gasteiger partial charge is 0.238 e. The Kier molecular flexibility index (Phi) is 10.7. The molecule has 2 rings (SSSR count). The van der Waals surface area contributed by atoms with Crippen LogP contribution in [0.15, 0.2) is 54.6 Å². The van der Waals surface area contributed by atoms with Crippen LogP contribution in [0, 0.1) is 13.5 Å². The summed E-state index contributed by atoms with van der Waals surface area (Å²) in [5.74, 6) is 0. The third-order valence-electron chi connectivity index (χ3n) is 2.39. The number of hydrogen-bond donors (Lipinski definition) is 0. The molecule has 0 saturated carbocycles. The number of aryl methyl sites for hydroxylation is 2. The van der Waals surface area contributed by atoms with Gasteiger partial charge in [-0.2, -0.15) is 0 Å². The summed E-state index contributed by atoms with van der Waals surface area (Å²) in [7, 11) is 0. The van der Waals surface area contributed by atoms with E-state index in [2.05, 4.69) is 44.7 Å². The van der Waals surface area contributed by atoms with Crippen molar-refractivity contribution in [1.29, 1.82) is 0 Å². The Morgan fingerprint density at radius 2 is 1.50 bits per heavy atom. The van der Waals surface area contributed by atoms with Crippen molar-refractivity contribution in [1.82, 2.24) is 0 Å². The van der Waals surface area contributed by atoms with Crippen molar-refractivity contribution in [3.63, 3.8) is 0 Å². The molecule has 0 aliphatic rings. The lowest BCUT2D eigenvalue weighted by atomic mass is 10.1. The van der Waals surface area contributed by atoms with Gasteiger partial charge >= 0.3 is 0 Å². The van der Waals surface area contributed by atoms with E-state index in [0.29, 0.717) is 0 Å². The van der Waals surface area contributed by atoms with Crippen molar-refractivity contribution in [2.75, 3.05) is 0 Å². The van der Waals surface area contributed by atoms with Crippen LogP contribution in [-0.2, 0) is 6.42 Å². The normalized spacial score (nSPS) is 8.35. The maximum absolute atomic E-state index is 6.74. The van der Waals surface area contributed by atoms with Crippen LogP contribution < -0.4 is 0 Å². The summed E-state index contributed by atoms with van der Waals surface area (Å²) in [6.45, 7) is 15.2. The fourth-order valence-electron chi connectivity index (χ4n) is 1.38. The summed E-state index contributed by atoms with van der Waals surface area (Å²) in [6, 6.07) is 18.0. The predicted molar refractivity (Wildman–Crippen MR) is 89.2 cm³/mol. The number of nitrogens with zero attached hydrogens (tertiary/aromatic N) is 1. The first-order valence-corrected chi connectivity index (χ1v) is 7.15. The first-order chi connectivity index (χ1) is 9.67. The number of benzene rings is 2. The first kappa shape index (κ1) is 17.9. The Hall–Kier alpha value is -2.07. The molecule has 0 amide bonds. The van der Waals surface area contributed by atoms with E-state index in [-0.39, 0.29) is 0 Å². The van der Waals surface area contributed by atoms with E-state index in [1.807, 2.05) is 42.5 Å². The third kappa shape index (κ3) is 8.94. The van der Waals surface area contributed by atoms with Gasteiger partial charge in [-0.25, -0.2) is 4.85 Å². The van der Waals surface area contributed by atoms with Crippen molar-refractivity contribution < 1.29 is 0 Å². The molecule has 0 unspecified atom stereocenters. The van der Waals surface area contributed by atoms with Gasteiger partial charge in [-0.05, 0) is 13.3 Å². The van der Waals surface area contributed by atoms with Gasteiger partial charge in [-0.1, -0.05) is 92.9 Å². The lowest BCUT2D eigenvalue weighted by molar-refractivity contribution is 1.09. The maximum atomic E-state index is 6.74. The van der Waals surface area contributed by atoms with Gasteiger partial charge in [0.05, 0.1) is 6.57 Å². The molecule has 2 aromatic rings. The zero-order valence-electron chi connectivity index (χ0n) is 13.1. The Labute approximate surface area is 124 Å². The van der Waals surface area contributed by atoms with Crippen LogP contribution in [0.2, 0.25) is 0 Å². The van der Waals surface area contributed by atoms with Gasteiger partial charge in [-0.15, -0.1) is 0 Å². The molecule has 0 saturated heterocycles. The van der Waals surface area contributed by atoms with Gasteiger partial charge in [0.15, 0.2) is 5.69 Å². The van der Waals surface area contributed by atoms with E-state index < -0.39 is 0 Å². The molecule has 0 bridgehead atoms. The smallest absolute Gasteiger partial charge is 0.187 e. The van der Waals surface area contributed by atoms with Crippen LogP contribution in [-0.4, -0.2) is 0 Å². The SMILES string of the molecule is CCC.Cc1ccccc1.[C-]#[N+]c1cccc(CC)c1. The minimum Gasteiger partial charge on any atom is -0.238 e. The molecule has 20 heavy (non-hydrogen) atoms. The van der Waals surface area contributed by atoms with Crippen molar-refractivity contribution in [3.05, 3.63) is 77.1 Å². The summed E-state index contributed by atoms with van der Waals surface area (Å²) in [6.07, 6.45) is 2.25. The number of rotatable bonds is 1. The van der Waals surface area contributed by atoms with Crippen LogP contribution in [0.1, 0.15) is 38.3 Å². The molecule has 2 aromatic carbocycles. The molecule has 0 heterocycles. The number of hydrogen-bond acceptors (Lipinski definition) is 0. The fourth-order valence-corrected chi connectivity index (χ4v) is 1.38. The van der Waals surface area contributed by atoms with E-state index >= 15 is 0 Å². The molecule has 106 valence electrons. The van der Waals surface area contributed by atoms with E-state index in [1.54, 1.807) is 0 Å². The highest BCUT2D eigenvalue weighted by Crippen LogP contribution is 2.13. The molecule has 1 nitrogen and oxygen atoms in total. The van der Waals surface area contributed by atoms with Gasteiger partial charge in [-0.3, -0.25) is 0 Å². The van der Waals surface area contributed by atoms with Crippen molar-refractivity contribution in [2.24, 2.45) is 0 Å². The molecule has 0 radical (unpaired) electrons. The monoisotopic (exact) mass is 267 g/mol. The highest BCUT2D eigenvalue weighted by Gasteiger charge is 1.90. The maximum Gasteiger partial charge on any atom is 0.187 e. The molecule has 0 atom stereocenters. The van der Waals surface area contributed by atoms with Crippen molar-refractivity contribution in [2.45, 2.75) is 40.5 Å². The molecule has 0 N–H and O–H groups in total. The van der Waals surface area contributed by atoms with Gasteiger partial charge in [0.25, 0.3) is 0 Å². The molecular weight excluding hydrogens is 242 g/mol. The topological polar surface area (TPSA) is 4.36 Å². The third-order valence-corrected chi connectivity index (χ3v) is 2.39. The van der Waals surface area contributed by atoms with Crippen LogP contribution in [0.4, 0.5) is 5.69 Å². The van der Waals surface area contributed by atoms with Gasteiger partial charge in [0.1, 0.15) is 0 Å². The highest BCUT2D eigenvalue weighted by molar-refractivity contribution is 5.46. The van der Waals surface area contributed by atoms with Crippen molar-refractivity contribution >= 4 is 5.69 Å². The highest BCUT2D eigenvalue weighted by atomic mass is 14.6. The lowest BCUT2D eigenvalue weighted by Gasteiger charge is -1.93. The molecule has 0 aliphatic carbocycles. The van der Waals surface area contributed by atoms with Gasteiger partial charge in [0, 0.05) is 0 Å². The minimum atomic E-state index is 0.736. The van der Waals surface area contributed by atoms with E-state index in [9.17, 15) is 0 Å². The second kappa shape index (κ2) is 12.0. The minimum absolute atomic E-state index is 0.736. The van der Waals surface area contributed by atoms with E-state index in [0.717, 1.165) is 12.1 Å². The molecule has 0 aliphatic heterocycles. The zero-order chi connectivity index (χ0) is 15.2. The first-order valence-electron chi connectivity index (χ1n) is 7.15. The van der Waals surface area contributed by atoms with Crippen LogP contribution in [0.3, 0.4) is 0 Å². The summed E-state index contributed by atoms with van der Waals surface area (Å²) in [4.78, 5) is 3.33. The lowest BCUT2D eigenvalue weighted by Crippen LogP contribution is -1.75. The van der Waals surface area contributed by atoms with Crippen LogP contribution in [0.5, 0.6) is 0 Å². The standard InChI is InChI=1S/C9H9N.C7H8.C3H8/c1-3-8-5-4-6-9(7-8)10-2;1-7-5-3-2-4-6-7;1-3-2/h4-7H,3H2,1H3;2-6H,1H3;3H2,1-2H3. The molecule has 0 aromatic heterocycles. The fraction of sp³-hybridized carbons (Fsp3) is 0.316. The Balaban J connectivity index is 0.000000315.